The van der Waals surface area contributed by atoms with E-state index in [0.717, 1.165) is 6.42 Å². The summed E-state index contributed by atoms with van der Waals surface area (Å²) >= 11 is 2.72. The second-order valence-electron chi connectivity index (χ2n) is 6.68. The SMILES string of the molecule is COc1cc(C#N)c(NCC2CCC(=O)N2CCSc2nc(C(=O)O)cs2)cc1OC. The average molecular weight is 463 g/mol. The van der Waals surface area contributed by atoms with Crippen LogP contribution < -0.4 is 14.8 Å². The number of thiazole rings is 1. The van der Waals surface area contributed by atoms with Gasteiger partial charge in [-0.1, -0.05) is 11.8 Å². The van der Waals surface area contributed by atoms with Crippen LogP contribution in [0.2, 0.25) is 0 Å². The maximum atomic E-state index is 12.3. The highest BCUT2D eigenvalue weighted by atomic mass is 32.2. The highest BCUT2D eigenvalue weighted by Gasteiger charge is 2.30. The smallest absolute Gasteiger partial charge is 0.355 e. The molecule has 1 saturated heterocycles. The fourth-order valence-corrected chi connectivity index (χ4v) is 5.12. The predicted molar refractivity (Wildman–Crippen MR) is 117 cm³/mol. The van der Waals surface area contributed by atoms with Gasteiger partial charge in [-0.25, -0.2) is 9.78 Å². The van der Waals surface area contributed by atoms with Crippen LogP contribution >= 0.6 is 23.1 Å². The molecule has 2 N–H and O–H groups in total. The second kappa shape index (κ2) is 10.4. The molecule has 1 aromatic heterocycles. The number of thioether (sulfide) groups is 1. The third-order valence-corrected chi connectivity index (χ3v) is 6.89. The van der Waals surface area contributed by atoms with E-state index in [1.165, 1.54) is 42.7 Å². The van der Waals surface area contributed by atoms with Crippen LogP contribution in [0, 0.1) is 11.3 Å². The highest BCUT2D eigenvalue weighted by molar-refractivity contribution is 8.01. The van der Waals surface area contributed by atoms with Crippen molar-refractivity contribution in [2.24, 2.45) is 0 Å². The maximum absolute atomic E-state index is 12.3. The van der Waals surface area contributed by atoms with Crippen molar-refractivity contribution in [2.75, 3.05) is 38.4 Å². The summed E-state index contributed by atoms with van der Waals surface area (Å²) in [5.41, 5.74) is 1.09. The molecule has 31 heavy (non-hydrogen) atoms. The van der Waals surface area contributed by atoms with Gasteiger partial charge < -0.3 is 24.8 Å². The van der Waals surface area contributed by atoms with Gasteiger partial charge in [0.25, 0.3) is 0 Å². The number of carboxylic acid groups (broad SMARTS) is 1. The van der Waals surface area contributed by atoms with Crippen molar-refractivity contribution >= 4 is 40.7 Å². The van der Waals surface area contributed by atoms with Crippen LogP contribution in [0.3, 0.4) is 0 Å². The van der Waals surface area contributed by atoms with Gasteiger partial charge in [-0.05, 0) is 6.42 Å². The molecule has 11 heteroatoms. The Morgan fingerprint density at radius 1 is 1.42 bits per heavy atom. The Hall–Kier alpha value is -2.97. The number of hydrogen-bond donors (Lipinski definition) is 2. The summed E-state index contributed by atoms with van der Waals surface area (Å²) in [5, 5.41) is 23.2. The molecular weight excluding hydrogens is 440 g/mol. The quantitative estimate of drug-likeness (QED) is 0.513. The second-order valence-corrected chi connectivity index (χ2v) is 8.88. The number of aromatic carboxylic acids is 1. The molecule has 0 aliphatic carbocycles. The summed E-state index contributed by atoms with van der Waals surface area (Å²) < 4.78 is 11.2. The van der Waals surface area contributed by atoms with E-state index in [0.29, 0.717) is 52.4 Å². The first kappa shape index (κ1) is 22.7. The van der Waals surface area contributed by atoms with Crippen molar-refractivity contribution in [2.45, 2.75) is 23.2 Å². The third-order valence-electron chi connectivity index (χ3n) is 4.88. The number of methoxy groups -OCH3 is 2. The number of amides is 1. The summed E-state index contributed by atoms with van der Waals surface area (Å²) in [4.78, 5) is 29.2. The molecule has 2 heterocycles. The zero-order valence-electron chi connectivity index (χ0n) is 17.1. The number of ether oxygens (including phenoxy) is 2. The number of nitriles is 1. The minimum atomic E-state index is -1.05. The first-order chi connectivity index (χ1) is 15.0. The molecule has 1 fully saturated rings. The minimum Gasteiger partial charge on any atom is -0.493 e. The molecule has 1 aliphatic heterocycles. The van der Waals surface area contributed by atoms with Crippen LogP contribution in [0.5, 0.6) is 11.5 Å². The van der Waals surface area contributed by atoms with Gasteiger partial charge in [0, 0.05) is 48.8 Å². The number of likely N-dealkylation sites (tertiary alicyclic amines) is 1. The lowest BCUT2D eigenvalue weighted by Gasteiger charge is -2.25. The number of nitrogens with zero attached hydrogens (tertiary/aromatic N) is 3. The topological polar surface area (TPSA) is 125 Å². The Morgan fingerprint density at radius 3 is 2.81 bits per heavy atom. The first-order valence-corrected chi connectivity index (χ1v) is 11.3. The van der Waals surface area contributed by atoms with Crippen molar-refractivity contribution in [3.63, 3.8) is 0 Å². The Morgan fingerprint density at radius 2 is 2.16 bits per heavy atom. The van der Waals surface area contributed by atoms with Crippen LogP contribution in [0.4, 0.5) is 5.69 Å². The molecular formula is C20H22N4O5S2. The number of carbonyl (C=O) groups is 2. The lowest BCUT2D eigenvalue weighted by Crippen LogP contribution is -2.39. The largest absolute Gasteiger partial charge is 0.493 e. The number of rotatable bonds is 10. The molecule has 9 nitrogen and oxygen atoms in total. The van der Waals surface area contributed by atoms with Crippen molar-refractivity contribution in [3.05, 3.63) is 28.8 Å². The molecule has 1 amide bonds. The van der Waals surface area contributed by atoms with Gasteiger partial charge in [-0.3, -0.25) is 4.79 Å². The zero-order valence-corrected chi connectivity index (χ0v) is 18.7. The van der Waals surface area contributed by atoms with E-state index < -0.39 is 5.97 Å². The Kier molecular flexibility index (Phi) is 7.59. The zero-order chi connectivity index (χ0) is 22.4. The van der Waals surface area contributed by atoms with Crippen molar-refractivity contribution in [1.29, 1.82) is 5.26 Å². The molecule has 3 rings (SSSR count). The van der Waals surface area contributed by atoms with Gasteiger partial charge >= 0.3 is 5.97 Å². The van der Waals surface area contributed by atoms with Gasteiger partial charge in [0.2, 0.25) is 5.91 Å². The molecule has 164 valence electrons. The average Bonchev–Trinajstić information content (AvgIpc) is 3.39. The van der Waals surface area contributed by atoms with Gasteiger partial charge in [0.1, 0.15) is 6.07 Å². The van der Waals surface area contributed by atoms with Crippen molar-refractivity contribution in [1.82, 2.24) is 9.88 Å². The van der Waals surface area contributed by atoms with E-state index in [1.54, 1.807) is 12.1 Å². The maximum Gasteiger partial charge on any atom is 0.355 e. The Labute approximate surface area is 188 Å². The highest BCUT2D eigenvalue weighted by Crippen LogP contribution is 2.33. The summed E-state index contributed by atoms with van der Waals surface area (Å²) in [7, 11) is 3.05. The van der Waals surface area contributed by atoms with Gasteiger partial charge in [0.15, 0.2) is 21.5 Å². The normalized spacial score (nSPS) is 15.6. The minimum absolute atomic E-state index is 0.00128. The number of carboxylic acids is 1. The molecule has 0 radical (unpaired) electrons. The molecule has 0 spiro atoms. The van der Waals surface area contributed by atoms with Gasteiger partial charge in [0.05, 0.1) is 25.5 Å². The molecule has 1 atom stereocenters. The fourth-order valence-electron chi connectivity index (χ4n) is 3.31. The third kappa shape index (κ3) is 5.39. The van der Waals surface area contributed by atoms with E-state index in [2.05, 4.69) is 16.4 Å². The van der Waals surface area contributed by atoms with Crippen molar-refractivity contribution in [3.8, 4) is 17.6 Å². The standard InChI is InChI=1S/C20H22N4O5S2/c1-28-16-7-12(9-21)14(8-17(16)29-2)22-10-13-3-4-18(25)24(13)5-6-30-20-23-15(11-31-20)19(26)27/h7-8,11,13,22H,3-6,10H2,1-2H3,(H,26,27). The molecule has 0 bridgehead atoms. The monoisotopic (exact) mass is 462 g/mol. The lowest BCUT2D eigenvalue weighted by molar-refractivity contribution is -0.128. The van der Waals surface area contributed by atoms with E-state index in [4.69, 9.17) is 14.6 Å². The number of aromatic nitrogens is 1. The molecule has 1 unspecified atom stereocenters. The van der Waals surface area contributed by atoms with E-state index >= 15 is 0 Å². The number of benzene rings is 1. The van der Waals surface area contributed by atoms with Crippen LogP contribution in [-0.4, -0.2) is 66.0 Å². The number of anilines is 1. The van der Waals surface area contributed by atoms with Crippen LogP contribution in [0.1, 0.15) is 28.9 Å². The fraction of sp³-hybridized carbons (Fsp3) is 0.400. The Balaban J connectivity index is 1.60. The summed E-state index contributed by atoms with van der Waals surface area (Å²) in [6.45, 7) is 1.04. The number of nitrogens with one attached hydrogen (secondary N) is 1. The van der Waals surface area contributed by atoms with E-state index in [9.17, 15) is 14.9 Å². The van der Waals surface area contributed by atoms with Crippen LogP contribution in [0.25, 0.3) is 0 Å². The lowest BCUT2D eigenvalue weighted by atomic mass is 10.1. The van der Waals surface area contributed by atoms with Gasteiger partial charge in [-0.2, -0.15) is 5.26 Å². The molecule has 1 aliphatic rings. The predicted octanol–water partition coefficient (Wildman–Crippen LogP) is 2.93. The molecule has 1 aromatic carbocycles. The van der Waals surface area contributed by atoms with Crippen molar-refractivity contribution < 1.29 is 24.2 Å². The van der Waals surface area contributed by atoms with E-state index in [1.807, 2.05) is 4.90 Å². The summed E-state index contributed by atoms with van der Waals surface area (Å²) in [6, 6.07) is 5.49. The first-order valence-electron chi connectivity index (χ1n) is 9.48. The molecule has 2 aromatic rings. The van der Waals surface area contributed by atoms with Crippen LogP contribution in [0.15, 0.2) is 21.9 Å². The van der Waals surface area contributed by atoms with Crippen LogP contribution in [-0.2, 0) is 4.79 Å². The van der Waals surface area contributed by atoms with E-state index in [-0.39, 0.29) is 17.6 Å². The Bertz CT molecular complexity index is 1000. The summed E-state index contributed by atoms with van der Waals surface area (Å²) in [5.74, 6) is 0.659. The number of hydrogen-bond acceptors (Lipinski definition) is 9. The molecule has 0 saturated carbocycles. The van der Waals surface area contributed by atoms with Gasteiger partial charge in [-0.15, -0.1) is 11.3 Å². The summed E-state index contributed by atoms with van der Waals surface area (Å²) in [6.07, 6.45) is 1.21. The number of carbonyl (C=O) groups excluding carboxylic acids is 1.